The minimum absolute atomic E-state index is 0.134. The van der Waals surface area contributed by atoms with Crippen molar-refractivity contribution in [1.82, 2.24) is 39.9 Å². The number of ether oxygens (including phenoxy) is 2. The third-order valence-electron chi connectivity index (χ3n) is 15.1. The van der Waals surface area contributed by atoms with Gasteiger partial charge in [0.05, 0.1) is 24.3 Å². The third-order valence-corrected chi connectivity index (χ3v) is 15.1. The first-order chi connectivity index (χ1) is 34.3. The van der Waals surface area contributed by atoms with Gasteiger partial charge in [0, 0.05) is 107 Å². The van der Waals surface area contributed by atoms with E-state index >= 15 is 0 Å². The number of nitrogens with one attached hydrogen (secondary N) is 2. The van der Waals surface area contributed by atoms with E-state index in [9.17, 15) is 24.0 Å². The lowest BCUT2D eigenvalue weighted by Crippen LogP contribution is -2.62. The van der Waals surface area contributed by atoms with Crippen LogP contribution in [0.25, 0.3) is 28.1 Å². The lowest BCUT2D eigenvalue weighted by molar-refractivity contribution is -0.155. The van der Waals surface area contributed by atoms with Crippen molar-refractivity contribution in [1.29, 1.82) is 0 Å². The molecule has 0 aliphatic carbocycles. The molecule has 72 heavy (non-hydrogen) atoms. The SMILES string of the molecule is C=CC(=O)N1CC[C@H](C(=O)N(C)[C@H](C(=O)N[C@H]2Cc3cccc(c3)-c3ccc4c(c3)c(c(/C=C(/N=C\C(C)N3CCN(C)CC3)[C@H](C)OC)n4CC)CC(C)(C)COC(=O)[C@@H]3CCCN(N3)C2=O)C(C)C)C1. The van der Waals surface area contributed by atoms with Gasteiger partial charge >= 0.3 is 5.97 Å². The predicted molar refractivity (Wildman–Crippen MR) is 283 cm³/mol. The van der Waals surface area contributed by atoms with E-state index in [4.69, 9.17) is 14.5 Å². The topological polar surface area (TPSA) is 161 Å². The number of nitrogens with zero attached hydrogens (tertiary/aromatic N) is 7. The van der Waals surface area contributed by atoms with Gasteiger partial charge in [0.15, 0.2) is 0 Å². The summed E-state index contributed by atoms with van der Waals surface area (Å²) in [7, 11) is 5.49. The van der Waals surface area contributed by atoms with Crippen molar-refractivity contribution >= 4 is 52.8 Å². The summed E-state index contributed by atoms with van der Waals surface area (Å²) in [6.45, 7) is 23.8. The number of aryl methyl sites for hydroxylation is 1. The van der Waals surface area contributed by atoms with Gasteiger partial charge in [-0.2, -0.15) is 0 Å². The number of cyclic esters (lactones) is 1. The average molecular weight is 990 g/mol. The largest absolute Gasteiger partial charge is 0.464 e. The number of esters is 1. The third kappa shape index (κ3) is 12.4. The number of hydrogen-bond donors (Lipinski definition) is 2. The number of amides is 4. The van der Waals surface area contributed by atoms with E-state index in [1.165, 1.54) is 16.0 Å². The number of hydrazine groups is 1. The van der Waals surface area contributed by atoms with Gasteiger partial charge in [0.1, 0.15) is 18.1 Å². The Morgan fingerprint density at radius 1 is 1.01 bits per heavy atom. The Bertz CT molecular complexity index is 2540. The van der Waals surface area contributed by atoms with Gasteiger partial charge in [0.25, 0.3) is 5.91 Å². The maximum atomic E-state index is 14.8. The first kappa shape index (κ1) is 54.1. The van der Waals surface area contributed by atoms with Crippen LogP contribution in [0.3, 0.4) is 0 Å². The number of hydrogen-bond acceptors (Lipinski definition) is 11. The Morgan fingerprint density at radius 3 is 2.44 bits per heavy atom. The molecule has 5 heterocycles. The summed E-state index contributed by atoms with van der Waals surface area (Å²) in [6.07, 6.45) is 7.40. The zero-order valence-electron chi connectivity index (χ0n) is 44.4. The Balaban J connectivity index is 1.27. The number of carbonyl (C=O) groups excluding carboxylic acids is 5. The summed E-state index contributed by atoms with van der Waals surface area (Å²) in [5, 5.41) is 5.59. The lowest BCUT2D eigenvalue weighted by Gasteiger charge is -2.37. The highest BCUT2D eigenvalue weighted by Crippen LogP contribution is 2.37. The van der Waals surface area contributed by atoms with Crippen molar-refractivity contribution in [3.05, 3.63) is 77.6 Å². The number of likely N-dealkylation sites (N-methyl/N-ethyl adjacent to an activating group) is 2. The monoisotopic (exact) mass is 990 g/mol. The lowest BCUT2D eigenvalue weighted by atomic mass is 9.85. The van der Waals surface area contributed by atoms with E-state index < -0.39 is 47.2 Å². The molecule has 16 heteroatoms. The zero-order chi connectivity index (χ0) is 52.0. The highest BCUT2D eigenvalue weighted by atomic mass is 16.5. The van der Waals surface area contributed by atoms with Crippen LogP contribution < -0.4 is 10.7 Å². The second-order valence-corrected chi connectivity index (χ2v) is 21.5. The molecule has 0 radical (unpaired) electrons. The molecule has 6 bridgehead atoms. The number of methoxy groups -OCH3 is 1. The van der Waals surface area contributed by atoms with Crippen molar-refractivity contribution in [3.63, 3.8) is 0 Å². The smallest absolute Gasteiger partial charge is 0.324 e. The molecule has 16 nitrogen and oxygen atoms in total. The Hall–Kier alpha value is -5.68. The molecule has 6 atom stereocenters. The van der Waals surface area contributed by atoms with Crippen LogP contribution in [-0.2, 0) is 52.8 Å². The van der Waals surface area contributed by atoms with Crippen molar-refractivity contribution < 1.29 is 33.4 Å². The van der Waals surface area contributed by atoms with Crippen LogP contribution in [0.1, 0.15) is 84.5 Å². The van der Waals surface area contributed by atoms with Gasteiger partial charge in [-0.15, -0.1) is 0 Å². The number of aliphatic imine (C=N–C) groups is 1. The van der Waals surface area contributed by atoms with Crippen LogP contribution in [0.2, 0.25) is 0 Å². The van der Waals surface area contributed by atoms with Crippen LogP contribution in [0.15, 0.2) is 65.8 Å². The summed E-state index contributed by atoms with van der Waals surface area (Å²) >= 11 is 0. The molecular weight excluding hydrogens is 911 g/mol. The number of fused-ring (bicyclic) bond motifs is 6. The normalized spacial score (nSPS) is 22.9. The fourth-order valence-corrected chi connectivity index (χ4v) is 10.8. The molecule has 2 aromatic carbocycles. The highest BCUT2D eigenvalue weighted by Gasteiger charge is 2.40. The van der Waals surface area contributed by atoms with Gasteiger partial charge in [-0.3, -0.25) is 38.9 Å². The Kier molecular flexibility index (Phi) is 17.6. The van der Waals surface area contributed by atoms with Crippen LogP contribution >= 0.6 is 0 Å². The number of benzene rings is 2. The van der Waals surface area contributed by atoms with E-state index in [0.29, 0.717) is 45.3 Å². The van der Waals surface area contributed by atoms with Crippen molar-refractivity contribution in [2.24, 2.45) is 22.2 Å². The molecule has 390 valence electrons. The van der Waals surface area contributed by atoms with Gasteiger partial charge in [-0.05, 0) is 106 Å². The number of piperazine rings is 1. The first-order valence-corrected chi connectivity index (χ1v) is 26.0. The van der Waals surface area contributed by atoms with Crippen molar-refractivity contribution in [3.8, 4) is 11.1 Å². The number of likely N-dealkylation sites (tertiary alicyclic amines) is 1. The fourth-order valence-electron chi connectivity index (χ4n) is 10.8. The summed E-state index contributed by atoms with van der Waals surface area (Å²) < 4.78 is 14.5. The van der Waals surface area contributed by atoms with Gasteiger partial charge in [0.2, 0.25) is 17.7 Å². The van der Waals surface area contributed by atoms with Crippen LogP contribution in [0.5, 0.6) is 0 Å². The van der Waals surface area contributed by atoms with Crippen molar-refractivity contribution in [2.45, 2.75) is 117 Å². The van der Waals surface area contributed by atoms with Crippen LogP contribution in [0, 0.1) is 17.3 Å². The van der Waals surface area contributed by atoms with E-state index in [1.54, 1.807) is 19.1 Å². The molecule has 1 aromatic heterocycles. The molecule has 4 aliphatic rings. The molecule has 7 rings (SSSR count). The highest BCUT2D eigenvalue weighted by molar-refractivity contribution is 5.95. The Morgan fingerprint density at radius 2 is 1.75 bits per heavy atom. The minimum Gasteiger partial charge on any atom is -0.464 e. The van der Waals surface area contributed by atoms with Crippen LogP contribution in [0.4, 0.5) is 0 Å². The molecule has 4 amide bonds. The quantitative estimate of drug-likeness (QED) is 0.126. The second-order valence-electron chi connectivity index (χ2n) is 21.5. The molecule has 0 spiro atoms. The van der Waals surface area contributed by atoms with E-state index in [1.807, 2.05) is 39.1 Å². The Labute approximate surface area is 426 Å². The van der Waals surface area contributed by atoms with Gasteiger partial charge in [-0.1, -0.05) is 64.6 Å². The average Bonchev–Trinajstić information content (AvgIpc) is 3.98. The summed E-state index contributed by atoms with van der Waals surface area (Å²) in [5.41, 5.74) is 9.44. The maximum Gasteiger partial charge on any atom is 0.324 e. The standard InChI is InChI=1S/C56H79N9O7/c1-12-50(66)63-23-21-42(34-63)53(68)61(10)51(36(3)4)52(67)58-47-29-39-16-14-17-40(28-39)41-19-20-48-43(30-41)44(32-56(7,8)35-72-55(70)45-18-15-22-65(59-45)54(47)69)49(64(48)13-2)31-46(38(6)71-11)57-33-37(5)62-26-24-60(9)25-27-62/h12,14,16-17,19-20,28,30-31,33,36-38,42,45,47,51,59H,1,13,15,18,21-27,29,32,34-35H2,2-11H3,(H,58,67)/b46-31+,57-33-/t37?,38-,42-,45-,47-,51-/m0/s1. The molecule has 2 N–H and O–H groups in total. The summed E-state index contributed by atoms with van der Waals surface area (Å²) in [6, 6.07) is 12.0. The second kappa shape index (κ2) is 23.5. The van der Waals surface area contributed by atoms with Crippen LogP contribution in [-0.4, -0.2) is 169 Å². The summed E-state index contributed by atoms with van der Waals surface area (Å²) in [5.74, 6) is -2.56. The predicted octanol–water partition coefficient (Wildman–Crippen LogP) is 5.58. The van der Waals surface area contributed by atoms with Gasteiger partial charge in [-0.25, -0.2) is 5.43 Å². The molecular formula is C56H79N9O7. The minimum atomic E-state index is -1.05. The van der Waals surface area contributed by atoms with Gasteiger partial charge < -0.3 is 34.1 Å². The summed E-state index contributed by atoms with van der Waals surface area (Å²) in [4.78, 5) is 82.7. The number of aromatic nitrogens is 1. The molecule has 3 aromatic rings. The van der Waals surface area contributed by atoms with E-state index in [-0.39, 0.29) is 49.5 Å². The number of carbonyl (C=O) groups is 5. The van der Waals surface area contributed by atoms with E-state index in [2.05, 4.69) is 103 Å². The zero-order valence-corrected chi connectivity index (χ0v) is 44.4. The first-order valence-electron chi connectivity index (χ1n) is 26.0. The molecule has 1 unspecified atom stereocenters. The number of rotatable bonds is 13. The van der Waals surface area contributed by atoms with Crippen molar-refractivity contribution in [2.75, 3.05) is 73.6 Å². The molecule has 4 aliphatic heterocycles. The molecule has 0 saturated carbocycles. The molecule has 3 saturated heterocycles. The van der Waals surface area contributed by atoms with E-state index in [0.717, 1.165) is 70.7 Å². The molecule has 3 fully saturated rings. The maximum absolute atomic E-state index is 14.8. The fraction of sp³-hybridized carbons (Fsp3) is 0.571.